The molecule has 0 fully saturated rings. The van der Waals surface area contributed by atoms with E-state index in [2.05, 4.69) is 10.6 Å². The van der Waals surface area contributed by atoms with Crippen molar-refractivity contribution >= 4 is 5.97 Å². The Morgan fingerprint density at radius 2 is 1.52 bits per heavy atom. The highest BCUT2D eigenvalue weighted by Crippen LogP contribution is 2.16. The minimum absolute atomic E-state index is 0.0664. The number of carboxylic acids is 1. The predicted octanol–water partition coefficient (Wildman–Crippen LogP) is 2.36. The molecule has 4 heteroatoms. The minimum Gasteiger partial charge on any atom is -0.480 e. The molecule has 21 heavy (non-hydrogen) atoms. The van der Waals surface area contributed by atoms with Crippen LogP contribution in [0.3, 0.4) is 0 Å². The molecular formula is C17H20N2O2. The average molecular weight is 284 g/mol. The third-order valence-corrected chi connectivity index (χ3v) is 3.46. The van der Waals surface area contributed by atoms with Crippen LogP contribution in [0.2, 0.25) is 0 Å². The highest BCUT2D eigenvalue weighted by molar-refractivity contribution is 5.75. The van der Waals surface area contributed by atoms with Crippen LogP contribution in [0.5, 0.6) is 0 Å². The summed E-state index contributed by atoms with van der Waals surface area (Å²) in [6.07, 6.45) is 0. The number of benzene rings is 2. The van der Waals surface area contributed by atoms with Crippen LogP contribution in [-0.2, 0) is 4.79 Å². The SMILES string of the molecule is CN[C@@H](CNC(C(=O)O)c1ccccc1)c1ccccc1. The van der Waals surface area contributed by atoms with Crippen molar-refractivity contribution in [2.24, 2.45) is 0 Å². The molecule has 0 saturated carbocycles. The van der Waals surface area contributed by atoms with Crippen LogP contribution in [0.1, 0.15) is 23.2 Å². The van der Waals surface area contributed by atoms with Gasteiger partial charge in [0.15, 0.2) is 0 Å². The summed E-state index contributed by atoms with van der Waals surface area (Å²) in [7, 11) is 1.87. The van der Waals surface area contributed by atoms with E-state index in [0.29, 0.717) is 6.54 Å². The van der Waals surface area contributed by atoms with Gasteiger partial charge in [0.05, 0.1) is 0 Å². The third-order valence-electron chi connectivity index (χ3n) is 3.46. The number of hydrogen-bond acceptors (Lipinski definition) is 3. The maximum atomic E-state index is 11.5. The van der Waals surface area contributed by atoms with E-state index in [0.717, 1.165) is 11.1 Å². The van der Waals surface area contributed by atoms with E-state index in [1.54, 1.807) is 0 Å². The molecule has 2 rings (SSSR count). The van der Waals surface area contributed by atoms with Crippen LogP contribution >= 0.6 is 0 Å². The number of carbonyl (C=O) groups is 1. The van der Waals surface area contributed by atoms with E-state index in [9.17, 15) is 9.90 Å². The zero-order chi connectivity index (χ0) is 15.1. The van der Waals surface area contributed by atoms with E-state index >= 15 is 0 Å². The van der Waals surface area contributed by atoms with Crippen molar-refractivity contribution in [1.29, 1.82) is 0 Å². The molecule has 110 valence electrons. The molecule has 2 aromatic rings. The fraction of sp³-hybridized carbons (Fsp3) is 0.235. The summed E-state index contributed by atoms with van der Waals surface area (Å²) < 4.78 is 0. The fourth-order valence-corrected chi connectivity index (χ4v) is 2.30. The summed E-state index contributed by atoms with van der Waals surface area (Å²) in [6, 6.07) is 18.6. The number of rotatable bonds is 7. The van der Waals surface area contributed by atoms with Gasteiger partial charge in [-0.15, -0.1) is 0 Å². The first-order chi connectivity index (χ1) is 10.2. The van der Waals surface area contributed by atoms with Crippen LogP contribution in [-0.4, -0.2) is 24.7 Å². The van der Waals surface area contributed by atoms with Crippen LogP contribution in [0.25, 0.3) is 0 Å². The van der Waals surface area contributed by atoms with E-state index in [1.165, 1.54) is 0 Å². The molecule has 4 nitrogen and oxygen atoms in total. The summed E-state index contributed by atoms with van der Waals surface area (Å²) in [5.74, 6) is -0.871. The molecule has 2 aromatic carbocycles. The van der Waals surface area contributed by atoms with Crippen LogP contribution < -0.4 is 10.6 Å². The quantitative estimate of drug-likeness (QED) is 0.730. The van der Waals surface area contributed by atoms with Gasteiger partial charge in [-0.25, -0.2) is 0 Å². The van der Waals surface area contributed by atoms with Gasteiger partial charge in [0, 0.05) is 12.6 Å². The monoisotopic (exact) mass is 284 g/mol. The van der Waals surface area contributed by atoms with Crippen molar-refractivity contribution in [3.63, 3.8) is 0 Å². The van der Waals surface area contributed by atoms with Crippen molar-refractivity contribution in [2.75, 3.05) is 13.6 Å². The van der Waals surface area contributed by atoms with E-state index < -0.39 is 12.0 Å². The Bertz CT molecular complexity index is 558. The van der Waals surface area contributed by atoms with E-state index in [-0.39, 0.29) is 6.04 Å². The lowest BCUT2D eigenvalue weighted by molar-refractivity contribution is -0.139. The molecule has 0 aliphatic carbocycles. The zero-order valence-electron chi connectivity index (χ0n) is 12.0. The Morgan fingerprint density at radius 1 is 1.00 bits per heavy atom. The second-order valence-corrected chi connectivity index (χ2v) is 4.84. The highest BCUT2D eigenvalue weighted by atomic mass is 16.4. The lowest BCUT2D eigenvalue weighted by Gasteiger charge is -2.21. The summed E-state index contributed by atoms with van der Waals surface area (Å²) in [4.78, 5) is 11.5. The number of likely N-dealkylation sites (N-methyl/N-ethyl adjacent to an activating group) is 1. The summed E-state index contributed by atoms with van der Waals surface area (Å²) >= 11 is 0. The van der Waals surface area contributed by atoms with Gasteiger partial charge in [-0.1, -0.05) is 60.7 Å². The van der Waals surface area contributed by atoms with Crippen LogP contribution in [0.4, 0.5) is 0 Å². The first-order valence-corrected chi connectivity index (χ1v) is 6.95. The molecule has 0 amide bonds. The lowest BCUT2D eigenvalue weighted by atomic mass is 10.0. The van der Waals surface area contributed by atoms with Crippen LogP contribution in [0, 0.1) is 0 Å². The molecule has 0 saturated heterocycles. The van der Waals surface area contributed by atoms with Crippen molar-refractivity contribution in [2.45, 2.75) is 12.1 Å². The molecular weight excluding hydrogens is 264 g/mol. The maximum absolute atomic E-state index is 11.5. The number of hydrogen-bond donors (Lipinski definition) is 3. The second kappa shape index (κ2) is 7.57. The molecule has 0 aliphatic rings. The smallest absolute Gasteiger partial charge is 0.325 e. The Labute approximate surface area is 124 Å². The first kappa shape index (κ1) is 15.2. The Balaban J connectivity index is 2.06. The molecule has 0 aromatic heterocycles. The fourth-order valence-electron chi connectivity index (χ4n) is 2.30. The molecule has 3 N–H and O–H groups in total. The standard InChI is InChI=1S/C17H20N2O2/c1-18-15(13-8-4-2-5-9-13)12-19-16(17(20)21)14-10-6-3-7-11-14/h2-11,15-16,18-19H,12H2,1H3,(H,20,21)/t15-,16?/m0/s1. The van der Waals surface area contributed by atoms with Crippen molar-refractivity contribution in [3.05, 3.63) is 71.8 Å². The maximum Gasteiger partial charge on any atom is 0.325 e. The number of carboxylic acid groups (broad SMARTS) is 1. The Morgan fingerprint density at radius 3 is 2.00 bits per heavy atom. The topological polar surface area (TPSA) is 61.4 Å². The molecule has 0 bridgehead atoms. The summed E-state index contributed by atoms with van der Waals surface area (Å²) in [6.45, 7) is 0.534. The van der Waals surface area contributed by atoms with Gasteiger partial charge in [-0.05, 0) is 18.2 Å². The minimum atomic E-state index is -0.871. The lowest BCUT2D eigenvalue weighted by Crippen LogP contribution is -2.35. The van der Waals surface area contributed by atoms with Gasteiger partial charge in [-0.3, -0.25) is 10.1 Å². The third kappa shape index (κ3) is 4.15. The van der Waals surface area contributed by atoms with Gasteiger partial charge < -0.3 is 10.4 Å². The first-order valence-electron chi connectivity index (χ1n) is 6.95. The summed E-state index contributed by atoms with van der Waals surface area (Å²) in [5.41, 5.74) is 1.89. The van der Waals surface area contributed by atoms with Gasteiger partial charge in [0.2, 0.25) is 0 Å². The number of nitrogens with one attached hydrogen (secondary N) is 2. The average Bonchev–Trinajstić information content (AvgIpc) is 2.53. The van der Waals surface area contributed by atoms with Gasteiger partial charge in [0.1, 0.15) is 6.04 Å². The molecule has 0 heterocycles. The zero-order valence-corrected chi connectivity index (χ0v) is 12.0. The Kier molecular flexibility index (Phi) is 5.49. The van der Waals surface area contributed by atoms with Crippen molar-refractivity contribution < 1.29 is 9.90 Å². The second-order valence-electron chi connectivity index (χ2n) is 4.84. The predicted molar refractivity (Wildman–Crippen MR) is 83.1 cm³/mol. The molecule has 0 aliphatic heterocycles. The Hall–Kier alpha value is -2.17. The van der Waals surface area contributed by atoms with Crippen molar-refractivity contribution in [1.82, 2.24) is 10.6 Å². The van der Waals surface area contributed by atoms with Gasteiger partial charge in [-0.2, -0.15) is 0 Å². The molecule has 2 atom stereocenters. The van der Waals surface area contributed by atoms with Crippen molar-refractivity contribution in [3.8, 4) is 0 Å². The molecule has 1 unspecified atom stereocenters. The van der Waals surface area contributed by atoms with E-state index in [1.807, 2.05) is 67.7 Å². The normalized spacial score (nSPS) is 13.6. The largest absolute Gasteiger partial charge is 0.480 e. The van der Waals surface area contributed by atoms with Crippen LogP contribution in [0.15, 0.2) is 60.7 Å². The van der Waals surface area contributed by atoms with E-state index in [4.69, 9.17) is 0 Å². The summed E-state index contributed by atoms with van der Waals surface area (Å²) in [5, 5.41) is 15.7. The number of aliphatic carboxylic acids is 1. The highest BCUT2D eigenvalue weighted by Gasteiger charge is 2.20. The molecule has 0 spiro atoms. The van der Waals surface area contributed by atoms with Gasteiger partial charge >= 0.3 is 5.97 Å². The molecule has 0 radical (unpaired) electrons. The van der Waals surface area contributed by atoms with Gasteiger partial charge in [0.25, 0.3) is 0 Å².